The monoisotopic (exact) mass is 401 g/mol. The normalized spacial score (nSPS) is 24.9. The van der Waals surface area contributed by atoms with Crippen molar-refractivity contribution < 1.29 is 19.4 Å². The van der Waals surface area contributed by atoms with Crippen molar-refractivity contribution in [3.8, 4) is 0 Å². The predicted octanol–water partition coefficient (Wildman–Crippen LogP) is 1.99. The first kappa shape index (κ1) is 21.7. The van der Waals surface area contributed by atoms with E-state index >= 15 is 0 Å². The summed E-state index contributed by atoms with van der Waals surface area (Å²) in [6.45, 7) is 1.70. The Morgan fingerprint density at radius 3 is 2.85 bits per heavy atom. The number of esters is 1. The molecule has 1 aliphatic rings. The zero-order valence-electron chi connectivity index (χ0n) is 15.6. The molecule has 27 heavy (non-hydrogen) atoms. The van der Waals surface area contributed by atoms with Crippen molar-refractivity contribution in [1.29, 1.82) is 0 Å². The number of aromatic nitrogens is 2. The van der Waals surface area contributed by atoms with Gasteiger partial charge in [0.05, 0.1) is 12.5 Å². The molecule has 0 saturated carbocycles. The molecular weight excluding hydrogens is 374 g/mol. The molecule has 1 saturated heterocycles. The molecule has 3 atom stereocenters. The number of alkyl halides is 1. The van der Waals surface area contributed by atoms with Crippen LogP contribution >= 0.6 is 11.6 Å². The molecule has 3 N–H and O–H groups in total. The molecule has 1 aromatic rings. The highest BCUT2D eigenvalue weighted by Crippen LogP contribution is 2.39. The first-order valence-electron chi connectivity index (χ1n) is 9.34. The fourth-order valence-corrected chi connectivity index (χ4v) is 3.47. The molecule has 0 aromatic carbocycles. The third kappa shape index (κ3) is 5.43. The van der Waals surface area contributed by atoms with E-state index in [9.17, 15) is 14.7 Å². The van der Waals surface area contributed by atoms with Crippen LogP contribution in [0.25, 0.3) is 0 Å². The smallest absolute Gasteiger partial charge is 0.351 e. The summed E-state index contributed by atoms with van der Waals surface area (Å²) in [6, 6.07) is 1.47. The molecule has 1 aromatic heterocycles. The van der Waals surface area contributed by atoms with Crippen LogP contribution in [-0.2, 0) is 14.3 Å². The van der Waals surface area contributed by atoms with Gasteiger partial charge in [0.2, 0.25) is 0 Å². The van der Waals surface area contributed by atoms with Crippen LogP contribution in [0.1, 0.15) is 58.1 Å². The molecule has 8 nitrogen and oxygen atoms in total. The largest absolute Gasteiger partial charge is 0.459 e. The van der Waals surface area contributed by atoms with E-state index in [0.29, 0.717) is 6.42 Å². The molecular formula is C18H28ClN3O5. The SMILES string of the molecule is CCCCCCCC(=O)OC1CC(n2ccc(N)nc2=O)OC1(CO)CCl. The van der Waals surface area contributed by atoms with Gasteiger partial charge in [0.25, 0.3) is 0 Å². The maximum absolute atomic E-state index is 12.2. The second-order valence-electron chi connectivity index (χ2n) is 6.85. The number of nitrogen functional groups attached to an aromatic ring is 1. The van der Waals surface area contributed by atoms with E-state index in [4.69, 9.17) is 26.8 Å². The minimum Gasteiger partial charge on any atom is -0.459 e. The number of halogens is 1. The Labute approximate surface area is 163 Å². The van der Waals surface area contributed by atoms with E-state index in [1.54, 1.807) is 0 Å². The van der Waals surface area contributed by atoms with E-state index in [1.165, 1.54) is 16.8 Å². The molecule has 2 heterocycles. The quantitative estimate of drug-likeness (QED) is 0.349. The number of anilines is 1. The number of unbranched alkanes of at least 4 members (excludes halogenated alkanes) is 4. The van der Waals surface area contributed by atoms with E-state index in [2.05, 4.69) is 11.9 Å². The van der Waals surface area contributed by atoms with Crippen LogP contribution in [0.2, 0.25) is 0 Å². The fraction of sp³-hybridized carbons (Fsp3) is 0.722. The molecule has 0 aliphatic carbocycles. The standard InChI is InChI=1S/C18H28ClN3O5/c1-2-3-4-5-6-7-16(24)26-13-10-15(27-18(13,11-19)12-23)22-9-8-14(20)21-17(22)25/h8-9,13,15,23H,2-7,10-12H2,1H3,(H2,20,21,25). The molecule has 0 amide bonds. The summed E-state index contributed by atoms with van der Waals surface area (Å²) in [5.41, 5.74) is 3.67. The van der Waals surface area contributed by atoms with E-state index in [0.717, 1.165) is 32.1 Å². The van der Waals surface area contributed by atoms with Gasteiger partial charge in [-0.05, 0) is 12.5 Å². The number of rotatable bonds is 10. The number of nitrogens with two attached hydrogens (primary N) is 1. The van der Waals surface area contributed by atoms with Crippen molar-refractivity contribution >= 4 is 23.4 Å². The van der Waals surface area contributed by atoms with Crippen molar-refractivity contribution in [3.05, 3.63) is 22.7 Å². The van der Waals surface area contributed by atoms with Crippen molar-refractivity contribution in [2.75, 3.05) is 18.2 Å². The Bertz CT molecular complexity index is 677. The molecule has 2 rings (SSSR count). The topological polar surface area (TPSA) is 117 Å². The highest BCUT2D eigenvalue weighted by molar-refractivity contribution is 6.18. The molecule has 1 fully saturated rings. The zero-order valence-corrected chi connectivity index (χ0v) is 16.4. The molecule has 3 unspecified atom stereocenters. The fourth-order valence-electron chi connectivity index (χ4n) is 3.15. The molecule has 0 spiro atoms. The Morgan fingerprint density at radius 2 is 2.22 bits per heavy atom. The van der Waals surface area contributed by atoms with Gasteiger partial charge in [-0.1, -0.05) is 32.6 Å². The third-order valence-corrected chi connectivity index (χ3v) is 5.24. The number of nitrogens with zero attached hydrogens (tertiary/aromatic N) is 2. The Kier molecular flexibility index (Phi) is 8.07. The Hall–Kier alpha value is -1.64. The van der Waals surface area contributed by atoms with Crippen LogP contribution in [-0.4, -0.2) is 44.8 Å². The number of carbonyl (C=O) groups is 1. The summed E-state index contributed by atoms with van der Waals surface area (Å²) < 4.78 is 12.7. The summed E-state index contributed by atoms with van der Waals surface area (Å²) in [7, 11) is 0. The second-order valence-corrected chi connectivity index (χ2v) is 7.12. The van der Waals surface area contributed by atoms with Gasteiger partial charge < -0.3 is 20.3 Å². The van der Waals surface area contributed by atoms with Crippen molar-refractivity contribution in [2.45, 2.75) is 69.8 Å². The average molecular weight is 402 g/mol. The van der Waals surface area contributed by atoms with Crippen molar-refractivity contribution in [1.82, 2.24) is 9.55 Å². The van der Waals surface area contributed by atoms with Crippen LogP contribution in [0.5, 0.6) is 0 Å². The molecule has 9 heteroatoms. The highest BCUT2D eigenvalue weighted by atomic mass is 35.5. The first-order chi connectivity index (χ1) is 13.0. The number of hydrogen-bond acceptors (Lipinski definition) is 7. The summed E-state index contributed by atoms with van der Waals surface area (Å²) in [6.07, 6.45) is 5.56. The van der Waals surface area contributed by atoms with Crippen molar-refractivity contribution in [2.24, 2.45) is 0 Å². The lowest BCUT2D eigenvalue weighted by atomic mass is 9.99. The number of aliphatic hydroxyl groups is 1. The lowest BCUT2D eigenvalue weighted by Gasteiger charge is -2.30. The van der Waals surface area contributed by atoms with Crippen molar-refractivity contribution in [3.63, 3.8) is 0 Å². The summed E-state index contributed by atoms with van der Waals surface area (Å²) in [5.74, 6) is -0.330. The van der Waals surface area contributed by atoms with Gasteiger partial charge in [-0.15, -0.1) is 11.6 Å². The third-order valence-electron chi connectivity index (χ3n) is 4.79. The highest BCUT2D eigenvalue weighted by Gasteiger charge is 2.51. The summed E-state index contributed by atoms with van der Waals surface area (Å²) >= 11 is 6.02. The van der Waals surface area contributed by atoms with Gasteiger partial charge in [0.1, 0.15) is 23.8 Å². The number of hydrogen-bond donors (Lipinski definition) is 2. The number of carbonyl (C=O) groups excluding carboxylic acids is 1. The number of ether oxygens (including phenoxy) is 2. The Balaban J connectivity index is 2.03. The van der Waals surface area contributed by atoms with E-state index in [-0.39, 0.29) is 24.1 Å². The zero-order chi connectivity index (χ0) is 19.9. The van der Waals surface area contributed by atoms with Crippen LogP contribution in [0, 0.1) is 0 Å². The second kappa shape index (κ2) is 10.1. The van der Waals surface area contributed by atoms with Crippen LogP contribution in [0.15, 0.2) is 17.1 Å². The average Bonchev–Trinajstić information content (AvgIpc) is 3.00. The first-order valence-corrected chi connectivity index (χ1v) is 9.88. The minimum absolute atomic E-state index is 0.0778. The van der Waals surface area contributed by atoms with E-state index < -0.39 is 30.2 Å². The molecule has 0 radical (unpaired) electrons. The Morgan fingerprint density at radius 1 is 1.48 bits per heavy atom. The molecule has 0 bridgehead atoms. The maximum Gasteiger partial charge on any atom is 0.351 e. The van der Waals surface area contributed by atoms with Gasteiger partial charge in [-0.25, -0.2) is 4.79 Å². The van der Waals surface area contributed by atoms with E-state index in [1.807, 2.05) is 0 Å². The van der Waals surface area contributed by atoms with Gasteiger partial charge in [0.15, 0.2) is 0 Å². The summed E-state index contributed by atoms with van der Waals surface area (Å²) in [5, 5.41) is 9.83. The van der Waals surface area contributed by atoms with Crippen LogP contribution < -0.4 is 11.4 Å². The molecule has 1 aliphatic heterocycles. The number of aliphatic hydroxyl groups excluding tert-OH is 1. The maximum atomic E-state index is 12.2. The van der Waals surface area contributed by atoms with Gasteiger partial charge in [-0.3, -0.25) is 9.36 Å². The van der Waals surface area contributed by atoms with Crippen LogP contribution in [0.4, 0.5) is 5.82 Å². The summed E-state index contributed by atoms with van der Waals surface area (Å²) in [4.78, 5) is 27.9. The van der Waals surface area contributed by atoms with Gasteiger partial charge >= 0.3 is 11.7 Å². The lowest BCUT2D eigenvalue weighted by Crippen LogP contribution is -2.47. The predicted molar refractivity (Wildman–Crippen MR) is 101 cm³/mol. The minimum atomic E-state index is -1.26. The molecule has 152 valence electrons. The van der Waals surface area contributed by atoms with Crippen LogP contribution in [0.3, 0.4) is 0 Å². The lowest BCUT2D eigenvalue weighted by molar-refractivity contribution is -0.164. The van der Waals surface area contributed by atoms with Gasteiger partial charge in [0, 0.05) is 19.0 Å². The van der Waals surface area contributed by atoms with Gasteiger partial charge in [-0.2, -0.15) is 4.98 Å².